The van der Waals surface area contributed by atoms with E-state index in [4.69, 9.17) is 5.73 Å². The number of aryl methyl sites for hydroxylation is 1. The monoisotopic (exact) mass is 274 g/mol. The molecule has 20 heavy (non-hydrogen) atoms. The SMILES string of the molecule is Cc1ccc2c(c1)C(=O)N(C(C)(CN)CC(C)C)C2=O. The third kappa shape index (κ3) is 2.24. The Balaban J connectivity index is 2.46. The van der Waals surface area contributed by atoms with Gasteiger partial charge < -0.3 is 5.73 Å². The fourth-order valence-corrected chi connectivity index (χ4v) is 2.99. The number of rotatable bonds is 4. The number of fused-ring (bicyclic) bond motifs is 1. The van der Waals surface area contributed by atoms with Crippen molar-refractivity contribution in [3.63, 3.8) is 0 Å². The van der Waals surface area contributed by atoms with E-state index in [2.05, 4.69) is 13.8 Å². The molecule has 1 aliphatic rings. The predicted octanol–water partition coefficient (Wildman–Crippen LogP) is 2.35. The van der Waals surface area contributed by atoms with Gasteiger partial charge >= 0.3 is 0 Å². The highest BCUT2D eigenvalue weighted by atomic mass is 16.2. The lowest BCUT2D eigenvalue weighted by molar-refractivity contribution is 0.0427. The second kappa shape index (κ2) is 5.02. The molecule has 2 N–H and O–H groups in total. The fraction of sp³-hybridized carbons (Fsp3) is 0.500. The van der Waals surface area contributed by atoms with E-state index in [1.807, 2.05) is 19.9 Å². The lowest BCUT2D eigenvalue weighted by Gasteiger charge is -2.37. The Labute approximate surface area is 119 Å². The highest BCUT2D eigenvalue weighted by Crippen LogP contribution is 2.33. The van der Waals surface area contributed by atoms with Crippen molar-refractivity contribution in [3.05, 3.63) is 34.9 Å². The summed E-state index contributed by atoms with van der Waals surface area (Å²) >= 11 is 0. The topological polar surface area (TPSA) is 63.4 Å². The lowest BCUT2D eigenvalue weighted by Crippen LogP contribution is -2.55. The normalized spacial score (nSPS) is 17.6. The first-order chi connectivity index (χ1) is 9.30. The fourth-order valence-electron chi connectivity index (χ4n) is 2.99. The van der Waals surface area contributed by atoms with Crippen LogP contribution < -0.4 is 5.73 Å². The predicted molar refractivity (Wildman–Crippen MR) is 78.6 cm³/mol. The van der Waals surface area contributed by atoms with Crippen molar-refractivity contribution in [2.45, 2.75) is 39.7 Å². The van der Waals surface area contributed by atoms with Gasteiger partial charge in [0.1, 0.15) is 0 Å². The van der Waals surface area contributed by atoms with Crippen molar-refractivity contribution in [2.75, 3.05) is 6.54 Å². The molecule has 0 aromatic heterocycles. The van der Waals surface area contributed by atoms with Crippen LogP contribution in [0.25, 0.3) is 0 Å². The maximum Gasteiger partial charge on any atom is 0.262 e. The summed E-state index contributed by atoms with van der Waals surface area (Å²) in [7, 11) is 0. The third-order valence-electron chi connectivity index (χ3n) is 3.87. The molecular formula is C16H22N2O2. The van der Waals surface area contributed by atoms with Crippen LogP contribution in [-0.4, -0.2) is 28.8 Å². The minimum Gasteiger partial charge on any atom is -0.328 e. The summed E-state index contributed by atoms with van der Waals surface area (Å²) in [6.45, 7) is 8.21. The van der Waals surface area contributed by atoms with Gasteiger partial charge in [-0.2, -0.15) is 0 Å². The molecule has 0 bridgehead atoms. The Hall–Kier alpha value is -1.68. The maximum absolute atomic E-state index is 12.6. The lowest BCUT2D eigenvalue weighted by atomic mass is 9.89. The second-order valence-electron chi connectivity index (χ2n) is 6.29. The molecule has 4 nitrogen and oxygen atoms in total. The average Bonchev–Trinajstić information content (AvgIpc) is 2.61. The molecule has 1 atom stereocenters. The van der Waals surface area contributed by atoms with E-state index in [1.165, 1.54) is 4.90 Å². The van der Waals surface area contributed by atoms with Crippen molar-refractivity contribution >= 4 is 11.8 Å². The maximum atomic E-state index is 12.6. The van der Waals surface area contributed by atoms with Crippen molar-refractivity contribution in [1.29, 1.82) is 0 Å². The number of carbonyl (C=O) groups excluding carboxylic acids is 2. The number of imide groups is 1. The summed E-state index contributed by atoms with van der Waals surface area (Å²) in [4.78, 5) is 26.5. The van der Waals surface area contributed by atoms with Crippen molar-refractivity contribution in [3.8, 4) is 0 Å². The van der Waals surface area contributed by atoms with Gasteiger partial charge in [-0.3, -0.25) is 14.5 Å². The molecule has 0 saturated carbocycles. The van der Waals surface area contributed by atoms with Gasteiger partial charge in [0, 0.05) is 6.54 Å². The highest BCUT2D eigenvalue weighted by Gasteiger charge is 2.45. The van der Waals surface area contributed by atoms with Gasteiger partial charge in [0.2, 0.25) is 0 Å². The minimum atomic E-state index is -0.630. The van der Waals surface area contributed by atoms with E-state index in [-0.39, 0.29) is 18.4 Å². The first-order valence-corrected chi connectivity index (χ1v) is 7.00. The Morgan fingerprint density at radius 2 is 1.80 bits per heavy atom. The molecule has 1 heterocycles. The molecule has 2 rings (SSSR count). The summed E-state index contributed by atoms with van der Waals surface area (Å²) in [5, 5.41) is 0. The summed E-state index contributed by atoms with van der Waals surface area (Å²) in [5.74, 6) is -0.0875. The molecular weight excluding hydrogens is 252 g/mol. The Morgan fingerprint density at radius 3 is 2.35 bits per heavy atom. The number of nitrogens with zero attached hydrogens (tertiary/aromatic N) is 1. The molecule has 0 aliphatic carbocycles. The van der Waals surface area contributed by atoms with Crippen LogP contribution in [0.1, 0.15) is 53.5 Å². The van der Waals surface area contributed by atoms with Gasteiger partial charge in [-0.15, -0.1) is 0 Å². The van der Waals surface area contributed by atoms with Crippen LogP contribution in [0.2, 0.25) is 0 Å². The van der Waals surface area contributed by atoms with Crippen LogP contribution in [0.4, 0.5) is 0 Å². The van der Waals surface area contributed by atoms with E-state index < -0.39 is 5.54 Å². The van der Waals surface area contributed by atoms with E-state index in [1.54, 1.807) is 12.1 Å². The van der Waals surface area contributed by atoms with E-state index in [0.717, 1.165) is 5.56 Å². The molecule has 0 saturated heterocycles. The molecule has 2 amide bonds. The summed E-state index contributed by atoms with van der Waals surface area (Å²) in [6, 6.07) is 5.37. The van der Waals surface area contributed by atoms with E-state index >= 15 is 0 Å². The highest BCUT2D eigenvalue weighted by molar-refractivity contribution is 6.22. The summed E-state index contributed by atoms with van der Waals surface area (Å²) < 4.78 is 0. The number of nitrogens with two attached hydrogens (primary N) is 1. The Bertz CT molecular complexity index is 566. The van der Waals surface area contributed by atoms with E-state index in [9.17, 15) is 9.59 Å². The number of carbonyl (C=O) groups is 2. The van der Waals surface area contributed by atoms with Gasteiger partial charge in [0.05, 0.1) is 16.7 Å². The molecule has 0 radical (unpaired) electrons. The number of amides is 2. The smallest absolute Gasteiger partial charge is 0.262 e. The van der Waals surface area contributed by atoms with Gasteiger partial charge in [0.25, 0.3) is 11.8 Å². The number of benzene rings is 1. The first kappa shape index (κ1) is 14.7. The van der Waals surface area contributed by atoms with Crippen LogP contribution >= 0.6 is 0 Å². The quantitative estimate of drug-likeness (QED) is 0.857. The van der Waals surface area contributed by atoms with Gasteiger partial charge in [-0.25, -0.2) is 0 Å². The van der Waals surface area contributed by atoms with Crippen LogP contribution in [-0.2, 0) is 0 Å². The summed E-state index contributed by atoms with van der Waals surface area (Å²) in [5.41, 5.74) is 7.21. The number of hydrogen-bond acceptors (Lipinski definition) is 3. The molecule has 0 fully saturated rings. The number of hydrogen-bond donors (Lipinski definition) is 1. The molecule has 1 aromatic rings. The molecule has 1 aliphatic heterocycles. The molecule has 108 valence electrons. The third-order valence-corrected chi connectivity index (χ3v) is 3.87. The zero-order valence-electron chi connectivity index (χ0n) is 12.6. The van der Waals surface area contributed by atoms with Crippen LogP contribution in [0.3, 0.4) is 0 Å². The van der Waals surface area contributed by atoms with Crippen LogP contribution in [0.5, 0.6) is 0 Å². The van der Waals surface area contributed by atoms with Crippen molar-refractivity contribution < 1.29 is 9.59 Å². The van der Waals surface area contributed by atoms with Crippen molar-refractivity contribution in [1.82, 2.24) is 4.90 Å². The zero-order chi connectivity index (χ0) is 15.1. The van der Waals surface area contributed by atoms with Crippen molar-refractivity contribution in [2.24, 2.45) is 11.7 Å². The largest absolute Gasteiger partial charge is 0.328 e. The summed E-state index contributed by atoms with van der Waals surface area (Å²) in [6.07, 6.45) is 0.702. The average molecular weight is 274 g/mol. The standard InChI is InChI=1S/C16H22N2O2/c1-10(2)8-16(4,9-17)18-14(19)12-6-5-11(3)7-13(12)15(18)20/h5-7,10H,8-9,17H2,1-4H3. The van der Waals surface area contributed by atoms with Gasteiger partial charge in [-0.05, 0) is 38.3 Å². The van der Waals surface area contributed by atoms with Crippen LogP contribution in [0.15, 0.2) is 18.2 Å². The molecule has 4 heteroatoms. The molecule has 1 aromatic carbocycles. The van der Waals surface area contributed by atoms with Gasteiger partial charge in [0.15, 0.2) is 0 Å². The zero-order valence-corrected chi connectivity index (χ0v) is 12.6. The van der Waals surface area contributed by atoms with Crippen LogP contribution in [0, 0.1) is 12.8 Å². The first-order valence-electron chi connectivity index (χ1n) is 7.00. The molecule has 0 spiro atoms. The minimum absolute atomic E-state index is 0.220. The van der Waals surface area contributed by atoms with Gasteiger partial charge in [-0.1, -0.05) is 25.5 Å². The van der Waals surface area contributed by atoms with E-state index in [0.29, 0.717) is 23.5 Å². The Kier molecular flexibility index (Phi) is 3.69. The molecule has 1 unspecified atom stereocenters. The Morgan fingerprint density at radius 1 is 1.20 bits per heavy atom. The second-order valence-corrected chi connectivity index (χ2v) is 6.29.